The maximum absolute atomic E-state index is 13.1. The summed E-state index contributed by atoms with van der Waals surface area (Å²) in [6, 6.07) is 22.3. The van der Waals surface area contributed by atoms with Crippen LogP contribution in [0, 0.1) is 0 Å². The van der Waals surface area contributed by atoms with Gasteiger partial charge in [-0.05, 0) is 53.1 Å². The third-order valence-electron chi connectivity index (χ3n) is 5.40. The first-order chi connectivity index (χ1) is 15.0. The minimum atomic E-state index is -0.420. The van der Waals surface area contributed by atoms with Gasteiger partial charge in [0.2, 0.25) is 0 Å². The number of aliphatic hydroxyl groups excluding tert-OH is 1. The number of hydrogen-bond donors (Lipinski definition) is 1. The highest BCUT2D eigenvalue weighted by Gasteiger charge is 2.41. The average molecular weight is 480 g/mol. The maximum Gasteiger partial charge on any atom is 0.290 e. The van der Waals surface area contributed by atoms with E-state index in [4.69, 9.17) is 9.47 Å². The van der Waals surface area contributed by atoms with Crippen LogP contribution in [0.2, 0.25) is 0 Å². The number of carbonyl (C=O) groups is 1. The van der Waals surface area contributed by atoms with E-state index in [9.17, 15) is 9.90 Å². The standard InChI is InChI=1S/C25H22BrNO4/c1-30-20-11-3-16(4-12-20)15-27-23(18-5-9-19(26)10-6-18)22(24(28)25(27)29)17-7-13-21(31-2)14-8-17/h3-14,23,28H,15H2,1-2H3/t23-/m0/s1. The smallest absolute Gasteiger partial charge is 0.290 e. The van der Waals surface area contributed by atoms with Crippen molar-refractivity contribution in [3.05, 3.63) is 99.7 Å². The summed E-state index contributed by atoms with van der Waals surface area (Å²) in [4.78, 5) is 14.8. The number of methoxy groups -OCH3 is 2. The fourth-order valence-corrected chi connectivity index (χ4v) is 4.07. The lowest BCUT2D eigenvalue weighted by Crippen LogP contribution is -2.29. The Kier molecular flexibility index (Phi) is 6.00. The van der Waals surface area contributed by atoms with Crippen LogP contribution >= 0.6 is 15.9 Å². The van der Waals surface area contributed by atoms with Gasteiger partial charge < -0.3 is 19.5 Å². The second-order valence-electron chi connectivity index (χ2n) is 7.23. The summed E-state index contributed by atoms with van der Waals surface area (Å²) in [5, 5.41) is 10.9. The van der Waals surface area contributed by atoms with Crippen molar-refractivity contribution in [2.45, 2.75) is 12.6 Å². The predicted octanol–water partition coefficient (Wildman–Crippen LogP) is 5.52. The molecule has 0 radical (unpaired) electrons. The van der Waals surface area contributed by atoms with Crippen LogP contribution in [0.15, 0.2) is 83.0 Å². The number of aliphatic hydroxyl groups is 1. The molecule has 0 bridgehead atoms. The molecular weight excluding hydrogens is 458 g/mol. The number of nitrogens with zero attached hydrogens (tertiary/aromatic N) is 1. The van der Waals surface area contributed by atoms with Gasteiger partial charge in [-0.3, -0.25) is 4.79 Å². The molecule has 1 aliphatic heterocycles. The molecule has 1 atom stereocenters. The highest BCUT2D eigenvalue weighted by atomic mass is 79.9. The summed E-state index contributed by atoms with van der Waals surface area (Å²) >= 11 is 3.47. The first-order valence-corrected chi connectivity index (χ1v) is 10.6. The molecule has 1 N–H and O–H groups in total. The second-order valence-corrected chi connectivity index (χ2v) is 8.14. The molecule has 1 amide bonds. The Morgan fingerprint density at radius 1 is 0.871 bits per heavy atom. The molecule has 1 heterocycles. The van der Waals surface area contributed by atoms with Crippen molar-refractivity contribution in [2.24, 2.45) is 0 Å². The fourth-order valence-electron chi connectivity index (χ4n) is 3.80. The van der Waals surface area contributed by atoms with Crippen molar-refractivity contribution in [2.75, 3.05) is 14.2 Å². The normalized spacial score (nSPS) is 16.0. The zero-order chi connectivity index (χ0) is 22.0. The van der Waals surface area contributed by atoms with E-state index >= 15 is 0 Å². The molecule has 6 heteroatoms. The molecule has 0 saturated heterocycles. The Morgan fingerprint density at radius 2 is 1.42 bits per heavy atom. The molecular formula is C25H22BrNO4. The Bertz CT molecular complexity index is 1110. The topological polar surface area (TPSA) is 59.0 Å². The molecule has 0 unspecified atom stereocenters. The summed E-state index contributed by atoms with van der Waals surface area (Å²) in [5.74, 6) is 0.838. The zero-order valence-corrected chi connectivity index (χ0v) is 18.8. The van der Waals surface area contributed by atoms with Gasteiger partial charge in [0.1, 0.15) is 11.5 Å². The summed E-state index contributed by atoms with van der Waals surface area (Å²) < 4.78 is 11.4. The Morgan fingerprint density at radius 3 is 1.97 bits per heavy atom. The lowest BCUT2D eigenvalue weighted by molar-refractivity contribution is -0.130. The van der Waals surface area contributed by atoms with E-state index in [0.717, 1.165) is 26.9 Å². The van der Waals surface area contributed by atoms with Crippen molar-refractivity contribution in [3.63, 3.8) is 0 Å². The average Bonchev–Trinajstić information content (AvgIpc) is 3.05. The van der Waals surface area contributed by atoms with Crippen molar-refractivity contribution < 1.29 is 19.4 Å². The van der Waals surface area contributed by atoms with Gasteiger partial charge in [0, 0.05) is 16.6 Å². The van der Waals surface area contributed by atoms with E-state index in [-0.39, 0.29) is 5.76 Å². The molecule has 4 rings (SSSR count). The molecule has 5 nitrogen and oxygen atoms in total. The lowest BCUT2D eigenvalue weighted by Gasteiger charge is -2.27. The number of carbonyl (C=O) groups excluding carboxylic acids is 1. The maximum atomic E-state index is 13.1. The largest absolute Gasteiger partial charge is 0.503 e. The van der Waals surface area contributed by atoms with Crippen LogP contribution < -0.4 is 9.47 Å². The number of rotatable bonds is 6. The highest BCUT2D eigenvalue weighted by molar-refractivity contribution is 9.10. The van der Waals surface area contributed by atoms with Gasteiger partial charge in [0.25, 0.3) is 5.91 Å². The molecule has 0 spiro atoms. The van der Waals surface area contributed by atoms with E-state index in [2.05, 4.69) is 15.9 Å². The van der Waals surface area contributed by atoms with E-state index in [1.165, 1.54) is 0 Å². The van der Waals surface area contributed by atoms with Crippen molar-refractivity contribution in [1.82, 2.24) is 4.90 Å². The fraction of sp³-hybridized carbons (Fsp3) is 0.160. The Balaban J connectivity index is 1.76. The van der Waals surface area contributed by atoms with Gasteiger partial charge in [0.05, 0.1) is 20.3 Å². The first kappa shape index (κ1) is 21.0. The Labute approximate surface area is 189 Å². The van der Waals surface area contributed by atoms with Crippen molar-refractivity contribution in [3.8, 4) is 11.5 Å². The molecule has 0 aliphatic carbocycles. The third-order valence-corrected chi connectivity index (χ3v) is 5.93. The van der Waals surface area contributed by atoms with Crippen LogP contribution in [0.3, 0.4) is 0 Å². The van der Waals surface area contributed by atoms with Crippen LogP contribution in [0.5, 0.6) is 11.5 Å². The van der Waals surface area contributed by atoms with Gasteiger partial charge >= 0.3 is 0 Å². The van der Waals surface area contributed by atoms with Crippen LogP contribution in [0.25, 0.3) is 5.57 Å². The molecule has 31 heavy (non-hydrogen) atoms. The SMILES string of the molecule is COc1ccc(CN2C(=O)C(O)=C(c3ccc(OC)cc3)[C@@H]2c2ccc(Br)cc2)cc1. The molecule has 1 aliphatic rings. The number of benzene rings is 3. The zero-order valence-electron chi connectivity index (χ0n) is 17.2. The van der Waals surface area contributed by atoms with Gasteiger partial charge in [0.15, 0.2) is 5.76 Å². The van der Waals surface area contributed by atoms with E-state index in [1.807, 2.05) is 72.8 Å². The van der Waals surface area contributed by atoms with Crippen molar-refractivity contribution in [1.29, 1.82) is 0 Å². The van der Waals surface area contributed by atoms with Gasteiger partial charge in [-0.1, -0.05) is 52.3 Å². The second kappa shape index (κ2) is 8.86. The molecule has 158 valence electrons. The molecule has 3 aromatic carbocycles. The number of halogens is 1. The predicted molar refractivity (Wildman–Crippen MR) is 123 cm³/mol. The number of hydrogen-bond acceptors (Lipinski definition) is 4. The monoisotopic (exact) mass is 479 g/mol. The number of ether oxygens (including phenoxy) is 2. The third kappa shape index (κ3) is 4.16. The van der Waals surface area contributed by atoms with Gasteiger partial charge in [-0.2, -0.15) is 0 Å². The van der Waals surface area contributed by atoms with E-state index < -0.39 is 11.9 Å². The minimum Gasteiger partial charge on any atom is -0.503 e. The summed E-state index contributed by atoms with van der Waals surface area (Å²) in [7, 11) is 3.22. The minimum absolute atomic E-state index is 0.230. The van der Waals surface area contributed by atoms with E-state index in [1.54, 1.807) is 19.1 Å². The first-order valence-electron chi connectivity index (χ1n) is 9.78. The van der Waals surface area contributed by atoms with Crippen LogP contribution in [-0.4, -0.2) is 30.1 Å². The van der Waals surface area contributed by atoms with Crippen LogP contribution in [0.4, 0.5) is 0 Å². The van der Waals surface area contributed by atoms with Crippen LogP contribution in [0.1, 0.15) is 22.7 Å². The lowest BCUT2D eigenvalue weighted by atomic mass is 9.93. The molecule has 0 fully saturated rings. The summed E-state index contributed by atoms with van der Waals surface area (Å²) in [6.45, 7) is 0.354. The van der Waals surface area contributed by atoms with Gasteiger partial charge in [-0.25, -0.2) is 0 Å². The van der Waals surface area contributed by atoms with Gasteiger partial charge in [-0.15, -0.1) is 0 Å². The quantitative estimate of drug-likeness (QED) is 0.505. The summed E-state index contributed by atoms with van der Waals surface area (Å²) in [6.07, 6.45) is 0. The Hall–Kier alpha value is -3.25. The molecule has 0 aromatic heterocycles. The molecule has 3 aromatic rings. The highest BCUT2D eigenvalue weighted by Crippen LogP contribution is 2.44. The van der Waals surface area contributed by atoms with E-state index in [0.29, 0.717) is 17.9 Å². The number of amides is 1. The van der Waals surface area contributed by atoms with Crippen molar-refractivity contribution >= 4 is 27.4 Å². The summed E-state index contributed by atoms with van der Waals surface area (Å²) in [5.41, 5.74) is 3.22. The van der Waals surface area contributed by atoms with Crippen LogP contribution in [-0.2, 0) is 11.3 Å². The molecule has 0 saturated carbocycles.